The van der Waals surface area contributed by atoms with Gasteiger partial charge in [-0.15, -0.1) is 10.2 Å². The molecule has 0 fully saturated rings. The maximum atomic E-state index is 12.3. The Balaban J connectivity index is 1.75. The molecule has 21 heteroatoms. The van der Waals surface area contributed by atoms with Gasteiger partial charge in [-0.3, -0.25) is 18.5 Å². The Bertz CT molecular complexity index is 2540. The minimum absolute atomic E-state index is 0.0145. The summed E-state index contributed by atoms with van der Waals surface area (Å²) in [5.74, 6) is -3.17. The first kappa shape index (κ1) is 33.1. The Morgan fingerprint density at radius 1 is 0.830 bits per heavy atom. The van der Waals surface area contributed by atoms with Crippen molar-refractivity contribution in [2.75, 3.05) is 5.32 Å². The molecule has 5 rings (SSSR count). The molecule has 0 aliphatic heterocycles. The molecule has 0 bridgehead atoms. The second kappa shape index (κ2) is 11.5. The van der Waals surface area contributed by atoms with E-state index in [9.17, 15) is 58.7 Å². The molecule has 0 saturated heterocycles. The zero-order valence-electron chi connectivity index (χ0n) is 23.3. The molecule has 1 amide bonds. The maximum Gasteiger partial charge on any atom is 0.338 e. The van der Waals surface area contributed by atoms with E-state index in [-0.39, 0.29) is 44.6 Å². The summed E-state index contributed by atoms with van der Waals surface area (Å²) in [5.41, 5.74) is -1.91. The number of nitrogens with zero attached hydrogens (tertiary/aromatic N) is 3. The summed E-state index contributed by atoms with van der Waals surface area (Å²) < 4.78 is 101. The SMILES string of the molecule is CC(=O)Nc1ccc(/N=N/c2c(S(=O)(=O)O)cc3ccc4nc(-c5ccc(S(=O)(=O)O)cc5S(=O)(=O)O)[nH]c4c3c2O)c(C(=O)O)c1. The van der Waals surface area contributed by atoms with Crippen LogP contribution in [-0.4, -0.2) is 71.0 Å². The van der Waals surface area contributed by atoms with E-state index < -0.39 is 73.9 Å². The number of hydrogen-bond donors (Lipinski definition) is 7. The molecule has 0 aliphatic carbocycles. The van der Waals surface area contributed by atoms with Crippen LogP contribution < -0.4 is 5.32 Å². The average Bonchev–Trinajstić information content (AvgIpc) is 3.39. The van der Waals surface area contributed by atoms with E-state index in [1.54, 1.807) is 0 Å². The van der Waals surface area contributed by atoms with Crippen molar-refractivity contribution >= 4 is 81.1 Å². The fourth-order valence-corrected chi connectivity index (χ4v) is 6.54. The fourth-order valence-electron chi connectivity index (χ4n) is 4.59. The van der Waals surface area contributed by atoms with Crippen LogP contribution in [0.1, 0.15) is 17.3 Å². The molecule has 0 spiro atoms. The van der Waals surface area contributed by atoms with Gasteiger partial charge in [0.2, 0.25) is 5.91 Å². The number of benzene rings is 4. The second-order valence-electron chi connectivity index (χ2n) is 9.72. The lowest BCUT2D eigenvalue weighted by Gasteiger charge is -2.10. The summed E-state index contributed by atoms with van der Waals surface area (Å²) in [7, 11) is -15.1. The van der Waals surface area contributed by atoms with Gasteiger partial charge in [0.1, 0.15) is 27.0 Å². The van der Waals surface area contributed by atoms with E-state index in [4.69, 9.17) is 0 Å². The van der Waals surface area contributed by atoms with Crippen molar-refractivity contribution < 1.29 is 58.7 Å². The van der Waals surface area contributed by atoms with Crippen LogP contribution in [0.3, 0.4) is 0 Å². The quantitative estimate of drug-likeness (QED) is 0.0890. The van der Waals surface area contributed by atoms with Gasteiger partial charge in [-0.2, -0.15) is 25.3 Å². The van der Waals surface area contributed by atoms with E-state index >= 15 is 0 Å². The maximum absolute atomic E-state index is 12.3. The van der Waals surface area contributed by atoms with Crippen LogP contribution in [0, 0.1) is 0 Å². The van der Waals surface area contributed by atoms with Crippen molar-refractivity contribution in [3.8, 4) is 17.1 Å². The predicted octanol–water partition coefficient (Wildman–Crippen LogP) is 3.90. The number of amides is 1. The van der Waals surface area contributed by atoms with Crippen LogP contribution in [0.25, 0.3) is 33.2 Å². The summed E-state index contributed by atoms with van der Waals surface area (Å²) in [4.78, 5) is 27.4. The normalized spacial score (nSPS) is 12.6. The van der Waals surface area contributed by atoms with E-state index in [1.165, 1.54) is 25.1 Å². The highest BCUT2D eigenvalue weighted by Gasteiger charge is 2.26. The first-order valence-electron chi connectivity index (χ1n) is 12.6. The highest BCUT2D eigenvalue weighted by Crippen LogP contribution is 2.44. The van der Waals surface area contributed by atoms with Crippen LogP contribution in [0.4, 0.5) is 17.1 Å². The molecular weight excluding hydrogens is 687 g/mol. The standard InChI is InChI=1S/C26H19N5O13S3/c1-11(32)27-13-3-7-17(16(9-13)26(34)35)30-31-23-20(47(42,43)44)8-12-2-6-18-22(21(12)24(23)33)29-25(28-18)15-5-4-14(45(36,37)38)10-19(15)46(39,40)41/h2-10,33H,1H3,(H,27,32)(H,28,29)(H,34,35)(H,36,37,38)(H,39,40,41)(H,42,43,44)/b31-30+. The average molecular weight is 706 g/mol. The molecule has 0 unspecified atom stereocenters. The molecule has 244 valence electrons. The number of aromatic nitrogens is 2. The van der Waals surface area contributed by atoms with Gasteiger partial charge in [0.05, 0.1) is 26.9 Å². The Labute approximate surface area is 263 Å². The van der Waals surface area contributed by atoms with Gasteiger partial charge in [-0.1, -0.05) is 6.07 Å². The summed E-state index contributed by atoms with van der Waals surface area (Å²) in [6.45, 7) is 1.19. The highest BCUT2D eigenvalue weighted by molar-refractivity contribution is 7.86. The number of carbonyl (C=O) groups excluding carboxylic acids is 1. The monoisotopic (exact) mass is 705 g/mol. The molecule has 0 aliphatic rings. The van der Waals surface area contributed by atoms with Gasteiger partial charge < -0.3 is 20.5 Å². The van der Waals surface area contributed by atoms with E-state index in [0.717, 1.165) is 30.3 Å². The van der Waals surface area contributed by atoms with Crippen molar-refractivity contribution in [1.82, 2.24) is 9.97 Å². The van der Waals surface area contributed by atoms with E-state index in [1.807, 2.05) is 0 Å². The fraction of sp³-hybridized carbons (Fsp3) is 0.0385. The number of carboxylic acids is 1. The van der Waals surface area contributed by atoms with Crippen molar-refractivity contribution in [2.45, 2.75) is 21.6 Å². The number of carbonyl (C=O) groups is 2. The lowest BCUT2D eigenvalue weighted by molar-refractivity contribution is -0.114. The number of aromatic hydroxyl groups is 1. The number of hydrogen-bond acceptors (Lipinski definition) is 12. The Hall–Kier alpha value is -5.32. The number of nitrogens with one attached hydrogen (secondary N) is 2. The van der Waals surface area contributed by atoms with Crippen LogP contribution in [0.2, 0.25) is 0 Å². The molecule has 1 heterocycles. The molecule has 18 nitrogen and oxygen atoms in total. The summed E-state index contributed by atoms with van der Waals surface area (Å²) in [6.07, 6.45) is 0. The van der Waals surface area contributed by atoms with Gasteiger partial charge in [0.15, 0.2) is 5.75 Å². The summed E-state index contributed by atoms with van der Waals surface area (Å²) in [5, 5.41) is 30.6. The molecule has 0 radical (unpaired) electrons. The predicted molar refractivity (Wildman–Crippen MR) is 162 cm³/mol. The number of aromatic carboxylic acids is 1. The topological polar surface area (TPSA) is 303 Å². The number of phenolic OH excluding ortho intramolecular Hbond substituents is 1. The smallest absolute Gasteiger partial charge is 0.338 e. The Kier molecular flexibility index (Phi) is 8.08. The Morgan fingerprint density at radius 2 is 1.51 bits per heavy atom. The number of H-pyrrole nitrogens is 1. The van der Waals surface area contributed by atoms with Crippen LogP contribution in [-0.2, 0) is 35.1 Å². The molecule has 0 atom stereocenters. The van der Waals surface area contributed by atoms with Crippen LogP contribution >= 0.6 is 0 Å². The second-order valence-corrected chi connectivity index (χ2v) is 13.9. The molecule has 47 heavy (non-hydrogen) atoms. The molecule has 7 N–H and O–H groups in total. The zero-order chi connectivity index (χ0) is 34.6. The third-order valence-electron chi connectivity index (χ3n) is 6.54. The van der Waals surface area contributed by atoms with Gasteiger partial charge in [0, 0.05) is 18.2 Å². The van der Waals surface area contributed by atoms with Crippen molar-refractivity contribution in [1.29, 1.82) is 0 Å². The zero-order valence-corrected chi connectivity index (χ0v) is 25.7. The minimum Gasteiger partial charge on any atom is -0.505 e. The van der Waals surface area contributed by atoms with Gasteiger partial charge in [0.25, 0.3) is 30.4 Å². The van der Waals surface area contributed by atoms with Crippen molar-refractivity contribution in [2.24, 2.45) is 10.2 Å². The number of aromatic amines is 1. The molecule has 0 saturated carbocycles. The highest BCUT2D eigenvalue weighted by atomic mass is 32.2. The third kappa shape index (κ3) is 6.51. The number of phenols is 1. The summed E-state index contributed by atoms with van der Waals surface area (Å²) in [6, 6.07) is 9.27. The number of azo groups is 1. The lowest BCUT2D eigenvalue weighted by Crippen LogP contribution is -2.07. The van der Waals surface area contributed by atoms with Crippen molar-refractivity contribution in [3.63, 3.8) is 0 Å². The number of imidazole rings is 1. The van der Waals surface area contributed by atoms with Gasteiger partial charge in [-0.05, 0) is 53.9 Å². The summed E-state index contributed by atoms with van der Waals surface area (Å²) >= 11 is 0. The number of anilines is 1. The number of carboxylic acid groups (broad SMARTS) is 1. The Morgan fingerprint density at radius 3 is 2.11 bits per heavy atom. The lowest BCUT2D eigenvalue weighted by atomic mass is 10.1. The minimum atomic E-state index is -5.10. The van der Waals surface area contributed by atoms with E-state index in [0.29, 0.717) is 6.07 Å². The van der Waals surface area contributed by atoms with Crippen LogP contribution in [0.15, 0.2) is 79.5 Å². The van der Waals surface area contributed by atoms with Crippen molar-refractivity contribution in [3.05, 3.63) is 60.2 Å². The first-order chi connectivity index (χ1) is 21.8. The van der Waals surface area contributed by atoms with E-state index in [2.05, 4.69) is 25.5 Å². The first-order valence-corrected chi connectivity index (χ1v) is 16.9. The number of rotatable bonds is 8. The van der Waals surface area contributed by atoms with Gasteiger partial charge >= 0.3 is 5.97 Å². The molecular formula is C26H19N5O13S3. The molecule has 5 aromatic rings. The molecule has 1 aromatic heterocycles. The van der Waals surface area contributed by atoms with Gasteiger partial charge in [-0.25, -0.2) is 9.78 Å². The molecule has 4 aromatic carbocycles. The largest absolute Gasteiger partial charge is 0.505 e. The third-order valence-corrected chi connectivity index (χ3v) is 9.15. The van der Waals surface area contributed by atoms with Crippen LogP contribution in [0.5, 0.6) is 5.75 Å². The number of fused-ring (bicyclic) bond motifs is 3.